The molecule has 178 valence electrons. The van der Waals surface area contributed by atoms with E-state index in [4.69, 9.17) is 4.74 Å². The number of aliphatic hydroxyl groups is 1. The third-order valence-corrected chi connectivity index (χ3v) is 6.56. The minimum atomic E-state index is -0.979. The van der Waals surface area contributed by atoms with Crippen molar-refractivity contribution >= 4 is 17.2 Å². The van der Waals surface area contributed by atoms with Gasteiger partial charge >= 0.3 is 0 Å². The fraction of sp³-hybridized carbons (Fsp3) is 0.280. The number of hydrogen-bond acceptors (Lipinski definition) is 6. The summed E-state index contributed by atoms with van der Waals surface area (Å²) in [7, 11) is 0. The van der Waals surface area contributed by atoms with E-state index in [-0.39, 0.29) is 23.8 Å². The Balaban J connectivity index is 1.42. The molecule has 2 aliphatic rings. The van der Waals surface area contributed by atoms with Crippen LogP contribution >= 0.6 is 0 Å². The lowest BCUT2D eigenvalue weighted by molar-refractivity contribution is -0.125. The van der Waals surface area contributed by atoms with Crippen LogP contribution in [0.4, 0.5) is 14.5 Å². The lowest BCUT2D eigenvalue weighted by Gasteiger charge is -2.33. The first kappa shape index (κ1) is 21.6. The second-order valence-electron chi connectivity index (χ2n) is 9.01. The van der Waals surface area contributed by atoms with Gasteiger partial charge in [0.15, 0.2) is 23.5 Å². The van der Waals surface area contributed by atoms with Gasteiger partial charge in [0.2, 0.25) is 0 Å². The molecule has 1 fully saturated rings. The van der Waals surface area contributed by atoms with Crippen molar-refractivity contribution in [1.82, 2.24) is 19.4 Å². The van der Waals surface area contributed by atoms with Gasteiger partial charge in [0.25, 0.3) is 5.91 Å². The topological polar surface area (TPSA) is 92.9 Å². The Morgan fingerprint density at radius 2 is 1.94 bits per heavy atom. The van der Waals surface area contributed by atoms with E-state index in [1.165, 1.54) is 35.5 Å². The number of para-hydroxylation sites is 1. The van der Waals surface area contributed by atoms with Crippen molar-refractivity contribution < 1.29 is 23.4 Å². The first-order valence-electron chi connectivity index (χ1n) is 11.2. The number of pyridine rings is 1. The summed E-state index contributed by atoms with van der Waals surface area (Å²) in [6.45, 7) is 3.43. The average Bonchev–Trinajstić information content (AvgIpc) is 3.52. The standard InChI is InChI=1S/C25H21F2N5O3/c1-13-20(12-32-19-5-3-4-17(26)22(19)35-14(2)23(32)33)31-11-16(18(27)8-21(31)30-13)15-9-28-24(29-10-15)25(34)6-7-25/h3-5,8-11,14,34H,6-7,12H2,1-2H3/t14-/m1/s1. The number of nitrogens with zero attached hydrogens (tertiary/aromatic N) is 5. The summed E-state index contributed by atoms with van der Waals surface area (Å²) in [4.78, 5) is 27.4. The summed E-state index contributed by atoms with van der Waals surface area (Å²) in [6.07, 6.45) is 4.91. The first-order chi connectivity index (χ1) is 16.7. The van der Waals surface area contributed by atoms with Crippen molar-refractivity contribution in [1.29, 1.82) is 0 Å². The van der Waals surface area contributed by atoms with Crippen LogP contribution < -0.4 is 9.64 Å². The normalized spacial score (nSPS) is 18.5. The fourth-order valence-electron chi connectivity index (χ4n) is 4.39. The molecule has 1 aromatic carbocycles. The number of aromatic nitrogens is 4. The van der Waals surface area contributed by atoms with Crippen LogP contribution in [-0.4, -0.2) is 36.5 Å². The molecule has 35 heavy (non-hydrogen) atoms. The highest BCUT2D eigenvalue weighted by molar-refractivity contribution is 5.99. The van der Waals surface area contributed by atoms with E-state index in [9.17, 15) is 14.3 Å². The maximum atomic E-state index is 15.0. The van der Waals surface area contributed by atoms with Crippen molar-refractivity contribution in [3.63, 3.8) is 0 Å². The highest BCUT2D eigenvalue weighted by Gasteiger charge is 2.45. The van der Waals surface area contributed by atoms with Crippen LogP contribution in [-0.2, 0) is 16.9 Å². The van der Waals surface area contributed by atoms with E-state index < -0.39 is 23.3 Å². The third-order valence-electron chi connectivity index (χ3n) is 6.56. The molecule has 3 aromatic heterocycles. The molecule has 8 nitrogen and oxygen atoms in total. The van der Waals surface area contributed by atoms with Crippen molar-refractivity contribution in [3.8, 4) is 16.9 Å². The Bertz CT molecular complexity index is 1500. The van der Waals surface area contributed by atoms with E-state index in [2.05, 4.69) is 15.0 Å². The summed E-state index contributed by atoms with van der Waals surface area (Å²) < 4.78 is 36.6. The number of fused-ring (bicyclic) bond motifs is 2. The summed E-state index contributed by atoms with van der Waals surface area (Å²) in [5.74, 6) is -1.02. The Morgan fingerprint density at radius 1 is 1.20 bits per heavy atom. The molecule has 6 rings (SSSR count). The van der Waals surface area contributed by atoms with Gasteiger partial charge in [0, 0.05) is 35.8 Å². The number of amides is 1. The molecule has 0 spiro atoms. The first-order valence-corrected chi connectivity index (χ1v) is 11.2. The zero-order chi connectivity index (χ0) is 24.5. The van der Waals surface area contributed by atoms with Gasteiger partial charge in [-0.05, 0) is 38.8 Å². The monoisotopic (exact) mass is 477 g/mol. The van der Waals surface area contributed by atoms with Crippen LogP contribution in [0.15, 0.2) is 42.9 Å². The summed E-state index contributed by atoms with van der Waals surface area (Å²) in [6, 6.07) is 5.73. The molecule has 1 atom stereocenters. The number of anilines is 1. The lowest BCUT2D eigenvalue weighted by atomic mass is 10.1. The minimum absolute atomic E-state index is 0.0207. The largest absolute Gasteiger partial charge is 0.476 e. The van der Waals surface area contributed by atoms with Gasteiger partial charge in [-0.25, -0.2) is 23.7 Å². The molecule has 1 saturated carbocycles. The smallest absolute Gasteiger partial charge is 0.268 e. The number of hydrogen-bond donors (Lipinski definition) is 1. The predicted octanol–water partition coefficient (Wildman–Crippen LogP) is 3.67. The van der Waals surface area contributed by atoms with Crippen molar-refractivity contribution in [2.24, 2.45) is 0 Å². The van der Waals surface area contributed by atoms with E-state index in [1.54, 1.807) is 30.5 Å². The number of carbonyl (C=O) groups excluding carboxylic acids is 1. The summed E-state index contributed by atoms with van der Waals surface area (Å²) >= 11 is 0. The molecule has 0 bridgehead atoms. The van der Waals surface area contributed by atoms with Gasteiger partial charge in [0.1, 0.15) is 17.1 Å². The fourth-order valence-corrected chi connectivity index (χ4v) is 4.39. The Kier molecular flexibility index (Phi) is 4.65. The maximum Gasteiger partial charge on any atom is 0.268 e. The van der Waals surface area contributed by atoms with E-state index in [1.807, 2.05) is 0 Å². The molecular formula is C25H21F2N5O3. The molecule has 0 radical (unpaired) electrons. The quantitative estimate of drug-likeness (QED) is 0.482. The lowest BCUT2D eigenvalue weighted by Crippen LogP contribution is -2.44. The predicted molar refractivity (Wildman–Crippen MR) is 122 cm³/mol. The molecule has 0 unspecified atom stereocenters. The van der Waals surface area contributed by atoms with Crippen LogP contribution in [0.3, 0.4) is 0 Å². The summed E-state index contributed by atoms with van der Waals surface area (Å²) in [5, 5.41) is 10.2. The van der Waals surface area contributed by atoms with Gasteiger partial charge in [-0.3, -0.25) is 9.69 Å². The summed E-state index contributed by atoms with van der Waals surface area (Å²) in [5.41, 5.74) is 1.66. The van der Waals surface area contributed by atoms with Crippen LogP contribution in [0.1, 0.15) is 37.0 Å². The number of rotatable bonds is 4. The number of benzene rings is 1. The molecule has 10 heteroatoms. The Hall–Kier alpha value is -3.92. The van der Waals surface area contributed by atoms with Crippen LogP contribution in [0.5, 0.6) is 5.75 Å². The average molecular weight is 477 g/mol. The molecule has 1 aliphatic carbocycles. The molecule has 1 amide bonds. The highest BCUT2D eigenvalue weighted by atomic mass is 19.1. The zero-order valence-corrected chi connectivity index (χ0v) is 19.0. The molecular weight excluding hydrogens is 456 g/mol. The minimum Gasteiger partial charge on any atom is -0.476 e. The van der Waals surface area contributed by atoms with Crippen molar-refractivity contribution in [2.75, 3.05) is 4.90 Å². The second kappa shape index (κ2) is 7.54. The van der Waals surface area contributed by atoms with Crippen LogP contribution in [0, 0.1) is 18.6 Å². The Labute approximate surface area is 198 Å². The van der Waals surface area contributed by atoms with E-state index in [0.29, 0.717) is 47.0 Å². The number of ether oxygens (including phenoxy) is 1. The van der Waals surface area contributed by atoms with Gasteiger partial charge in [-0.15, -0.1) is 0 Å². The highest BCUT2D eigenvalue weighted by Crippen LogP contribution is 2.43. The van der Waals surface area contributed by atoms with E-state index >= 15 is 4.39 Å². The number of carbonyl (C=O) groups is 1. The van der Waals surface area contributed by atoms with Gasteiger partial charge < -0.3 is 14.2 Å². The number of imidazole rings is 1. The second-order valence-corrected chi connectivity index (χ2v) is 9.01. The van der Waals surface area contributed by atoms with Crippen molar-refractivity contribution in [2.45, 2.75) is 44.9 Å². The molecule has 1 N–H and O–H groups in total. The van der Waals surface area contributed by atoms with Gasteiger partial charge in [-0.1, -0.05) is 6.07 Å². The van der Waals surface area contributed by atoms with Gasteiger partial charge in [0.05, 0.1) is 23.6 Å². The molecule has 4 aromatic rings. The molecule has 4 heterocycles. The van der Waals surface area contributed by atoms with Gasteiger partial charge in [-0.2, -0.15) is 0 Å². The number of aryl methyl sites for hydroxylation is 1. The Morgan fingerprint density at radius 3 is 2.66 bits per heavy atom. The van der Waals surface area contributed by atoms with Crippen LogP contribution in [0.25, 0.3) is 16.8 Å². The SMILES string of the molecule is Cc1nc2cc(F)c(-c3cnc(C4(O)CC4)nc3)cn2c1CN1C(=O)[C@@H](C)Oc2c(F)cccc21. The zero-order valence-electron chi connectivity index (χ0n) is 19.0. The van der Waals surface area contributed by atoms with Crippen molar-refractivity contribution in [3.05, 3.63) is 71.7 Å². The maximum absolute atomic E-state index is 15.0. The van der Waals surface area contributed by atoms with E-state index in [0.717, 1.165) is 0 Å². The van der Waals surface area contributed by atoms with Crippen LogP contribution in [0.2, 0.25) is 0 Å². The third kappa shape index (κ3) is 3.44. The number of halogens is 2. The molecule has 1 aliphatic heterocycles. The molecule has 0 saturated heterocycles.